The van der Waals surface area contributed by atoms with Crippen molar-refractivity contribution in [1.29, 1.82) is 0 Å². The second kappa shape index (κ2) is 18.8. The third-order valence-electron chi connectivity index (χ3n) is 14.2. The van der Waals surface area contributed by atoms with Crippen LogP contribution in [0.3, 0.4) is 0 Å². The van der Waals surface area contributed by atoms with E-state index in [0.717, 1.165) is 44.9 Å². The number of aryl methyl sites for hydroxylation is 1. The van der Waals surface area contributed by atoms with Gasteiger partial charge in [-0.05, 0) is 66.5 Å². The fourth-order valence-corrected chi connectivity index (χ4v) is 10.1. The summed E-state index contributed by atoms with van der Waals surface area (Å²) in [5.41, 5.74) is 5.82. The number of halogens is 2. The molecule has 22 heteroatoms. The van der Waals surface area contributed by atoms with Gasteiger partial charge in [-0.1, -0.05) is 47.5 Å². The summed E-state index contributed by atoms with van der Waals surface area (Å²) < 4.78 is 9.66. The van der Waals surface area contributed by atoms with E-state index in [-0.39, 0.29) is 0 Å². The molecule has 20 nitrogen and oxygen atoms in total. The molecule has 2 N–H and O–H groups in total. The summed E-state index contributed by atoms with van der Waals surface area (Å²) in [7, 11) is 1.91. The van der Waals surface area contributed by atoms with Gasteiger partial charge in [0.25, 0.3) is 12.1 Å². The maximum atomic E-state index is 11.4. The normalized spacial score (nSPS) is 16.0. The molecule has 2 saturated heterocycles. The van der Waals surface area contributed by atoms with E-state index in [0.29, 0.717) is 103 Å². The van der Waals surface area contributed by atoms with Crippen molar-refractivity contribution in [2.75, 3.05) is 72.0 Å². The number of hydrogen-bond donors (Lipinski definition) is 2. The molecule has 374 valence electrons. The first-order chi connectivity index (χ1) is 35.8. The van der Waals surface area contributed by atoms with Crippen LogP contribution in [0.15, 0.2) is 135 Å². The molecule has 0 aliphatic carbocycles. The topological polar surface area (TPSA) is 192 Å². The minimum absolute atomic E-state index is 0.404. The van der Waals surface area contributed by atoms with Crippen LogP contribution in [0.4, 0.5) is 23.5 Å². The lowest BCUT2D eigenvalue weighted by Gasteiger charge is -2.35. The summed E-state index contributed by atoms with van der Waals surface area (Å²) in [6.45, 7) is 9.38. The number of hydrogen-bond acceptors (Lipinski definition) is 15. The van der Waals surface area contributed by atoms with Crippen molar-refractivity contribution in [2.24, 2.45) is 7.05 Å². The molecular weight excluding hydrogens is 980 g/mol. The zero-order valence-electron chi connectivity index (χ0n) is 40.8. The van der Waals surface area contributed by atoms with E-state index in [9.17, 15) is 10.2 Å². The van der Waals surface area contributed by atoms with Crippen molar-refractivity contribution in [3.05, 3.63) is 168 Å². The molecular formula is C52H51Cl2N18O2+. The van der Waals surface area contributed by atoms with Gasteiger partial charge in [0.15, 0.2) is 18.0 Å². The molecule has 74 heavy (non-hydrogen) atoms. The fraction of sp³-hybridized carbons (Fsp3) is 0.269. The van der Waals surface area contributed by atoms with Crippen molar-refractivity contribution >= 4 is 57.8 Å². The van der Waals surface area contributed by atoms with Gasteiger partial charge in [-0.3, -0.25) is 9.58 Å². The molecule has 0 radical (unpaired) electrons. The van der Waals surface area contributed by atoms with Crippen LogP contribution in [0.5, 0.6) is 0 Å². The molecule has 0 bridgehead atoms. The standard InChI is InChI=1S/C52H51Cl2N18O2/c1-51(73,39-4-8-43(53)9-5-39)41-24-55-49(56-25-41)67-16-12-65(13-17-67)47-45-20-35(30-71(45)62-32-59-47)38-23-61-70(29-38)34-69-33-63-72-31-36(37-22-60-64(3)28-37)21-46(72)48(69)66-14-18-68(19-15-66)50-57-26-42(27-58-50)52(2,74)40-6-10-44(54)11-7-40/h4-11,20-33,73-74H,12-19,34H2,1-3H3/q+1. The number of piperazine rings is 2. The van der Waals surface area contributed by atoms with Crippen molar-refractivity contribution in [3.63, 3.8) is 0 Å². The molecule has 0 saturated carbocycles. The molecule has 2 aliphatic rings. The first-order valence-corrected chi connectivity index (χ1v) is 25.0. The Labute approximate surface area is 435 Å². The summed E-state index contributed by atoms with van der Waals surface area (Å²) >= 11 is 12.2. The van der Waals surface area contributed by atoms with Gasteiger partial charge in [-0.15, -0.1) is 0 Å². The predicted octanol–water partition coefficient (Wildman–Crippen LogP) is 5.49. The van der Waals surface area contributed by atoms with Gasteiger partial charge in [-0.25, -0.2) is 38.7 Å². The van der Waals surface area contributed by atoms with Crippen molar-refractivity contribution < 1.29 is 14.8 Å². The van der Waals surface area contributed by atoms with Crippen LogP contribution < -0.4 is 24.2 Å². The number of fused-ring (bicyclic) bond motifs is 2. The molecule has 10 heterocycles. The van der Waals surface area contributed by atoms with E-state index in [4.69, 9.17) is 48.4 Å². The summed E-state index contributed by atoms with van der Waals surface area (Å²) in [5, 5.41) is 42.7. The highest BCUT2D eigenvalue weighted by molar-refractivity contribution is 6.30. The van der Waals surface area contributed by atoms with E-state index in [2.05, 4.69) is 56.5 Å². The van der Waals surface area contributed by atoms with E-state index in [1.165, 1.54) is 0 Å². The van der Waals surface area contributed by atoms with Crippen LogP contribution in [0.1, 0.15) is 36.1 Å². The van der Waals surface area contributed by atoms with Crippen LogP contribution >= 0.6 is 23.2 Å². The number of anilines is 4. The quantitative estimate of drug-likeness (QED) is 0.146. The Balaban J connectivity index is 0.752. The molecule has 2 aromatic carbocycles. The fourth-order valence-electron chi connectivity index (χ4n) is 9.86. The van der Waals surface area contributed by atoms with Crippen LogP contribution in [0.25, 0.3) is 33.3 Å². The minimum atomic E-state index is -1.28. The first kappa shape index (κ1) is 47.0. The molecule has 8 aromatic heterocycles. The third kappa shape index (κ3) is 8.88. The Morgan fingerprint density at radius 2 is 1.00 bits per heavy atom. The van der Waals surface area contributed by atoms with Crippen LogP contribution in [-0.4, -0.2) is 126 Å². The third-order valence-corrected chi connectivity index (χ3v) is 14.7. The molecule has 2 aliphatic heterocycles. The van der Waals surface area contributed by atoms with Gasteiger partial charge in [-0.2, -0.15) is 19.8 Å². The van der Waals surface area contributed by atoms with E-state index < -0.39 is 11.2 Å². The minimum Gasteiger partial charge on any atom is -0.381 e. The maximum absolute atomic E-state index is 11.4. The highest BCUT2D eigenvalue weighted by Crippen LogP contribution is 2.33. The molecule has 10 aromatic rings. The monoisotopic (exact) mass is 1030 g/mol. The van der Waals surface area contributed by atoms with Crippen molar-refractivity contribution in [3.8, 4) is 22.3 Å². The number of aromatic nitrogens is 14. The predicted molar refractivity (Wildman–Crippen MR) is 280 cm³/mol. The van der Waals surface area contributed by atoms with Crippen molar-refractivity contribution in [2.45, 2.75) is 31.7 Å². The smallest absolute Gasteiger partial charge is 0.253 e. The van der Waals surface area contributed by atoms with E-state index >= 15 is 0 Å². The van der Waals surface area contributed by atoms with Gasteiger partial charge < -0.3 is 24.9 Å². The highest BCUT2D eigenvalue weighted by atomic mass is 35.5. The van der Waals surface area contributed by atoms with E-state index in [1.807, 2.05) is 88.5 Å². The van der Waals surface area contributed by atoms with E-state index in [1.54, 1.807) is 73.9 Å². The average Bonchev–Trinajstić information content (AvgIpc) is 4.26. The molecule has 12 rings (SSSR count). The first-order valence-electron chi connectivity index (χ1n) is 24.2. The zero-order chi connectivity index (χ0) is 50.7. The van der Waals surface area contributed by atoms with Gasteiger partial charge >= 0.3 is 0 Å². The summed E-state index contributed by atoms with van der Waals surface area (Å²) in [6.07, 6.45) is 22.1. The second-order valence-electron chi connectivity index (χ2n) is 19.1. The van der Waals surface area contributed by atoms with Crippen LogP contribution in [-0.2, 0) is 24.9 Å². The summed E-state index contributed by atoms with van der Waals surface area (Å²) in [4.78, 5) is 32.5. The summed E-state index contributed by atoms with van der Waals surface area (Å²) in [5.74, 6) is 3.06. The Morgan fingerprint density at radius 1 is 0.514 bits per heavy atom. The average molecular weight is 1030 g/mol. The number of rotatable bonds is 12. The Morgan fingerprint density at radius 3 is 1.54 bits per heavy atom. The Hall–Kier alpha value is -8.04. The van der Waals surface area contributed by atoms with Crippen molar-refractivity contribution in [1.82, 2.24) is 63.7 Å². The lowest BCUT2D eigenvalue weighted by atomic mass is 9.90. The SMILES string of the molecule is Cn1cc(-c2cc3c(N4CCN(c5ncc(C(C)(O)c6ccc(Cl)cc6)cn5)CC4)[n+](Cn4cc(-c5cc6c(N7CCN(c8ncc(C(C)(O)c9ccc(Cl)cc9)cn8)CC7)ncnn6c5)cn4)cnn3c2)cn1. The van der Waals surface area contributed by atoms with Gasteiger partial charge in [0.05, 0.1) is 44.8 Å². The Bertz CT molecular complexity index is 3610. The zero-order valence-corrected chi connectivity index (χ0v) is 42.3. The lowest BCUT2D eigenvalue weighted by molar-refractivity contribution is -0.693. The lowest BCUT2D eigenvalue weighted by Crippen LogP contribution is -2.53. The Kier molecular flexibility index (Phi) is 11.9. The molecule has 2 unspecified atom stereocenters. The largest absolute Gasteiger partial charge is 0.381 e. The van der Waals surface area contributed by atoms with Gasteiger partial charge in [0.2, 0.25) is 11.9 Å². The maximum Gasteiger partial charge on any atom is 0.253 e. The molecule has 2 atom stereocenters. The van der Waals surface area contributed by atoms with Gasteiger partial charge in [0, 0.05) is 120 Å². The summed E-state index contributed by atoms with van der Waals surface area (Å²) in [6, 6.07) is 18.6. The number of benzene rings is 2. The van der Waals surface area contributed by atoms with Crippen LogP contribution in [0.2, 0.25) is 10.0 Å². The molecule has 2 fully saturated rings. The second-order valence-corrected chi connectivity index (χ2v) is 20.0. The van der Waals surface area contributed by atoms with Gasteiger partial charge in [0.1, 0.15) is 23.0 Å². The number of aliphatic hydroxyl groups is 2. The highest BCUT2D eigenvalue weighted by Gasteiger charge is 2.32. The molecule has 0 amide bonds. The van der Waals surface area contributed by atoms with Crippen LogP contribution in [0, 0.1) is 0 Å². The molecule has 0 spiro atoms. The number of nitrogens with zero attached hydrogens (tertiary/aromatic N) is 18.